The summed E-state index contributed by atoms with van der Waals surface area (Å²) in [6.07, 6.45) is 4.27. The highest BCUT2D eigenvalue weighted by molar-refractivity contribution is 7.49. The van der Waals surface area contributed by atoms with Crippen LogP contribution in [0.25, 0.3) is 0 Å². The third-order valence-electron chi connectivity index (χ3n) is 5.22. The van der Waals surface area contributed by atoms with Crippen molar-refractivity contribution in [1.29, 1.82) is 0 Å². The summed E-state index contributed by atoms with van der Waals surface area (Å²) in [5.41, 5.74) is 0.665. The van der Waals surface area contributed by atoms with E-state index >= 15 is 0 Å². The molecule has 0 aliphatic carbocycles. The lowest BCUT2D eigenvalue weighted by atomic mass is 10.0. The Bertz CT molecular complexity index is 995. The average molecular weight is 510 g/mol. The van der Waals surface area contributed by atoms with E-state index in [1.165, 1.54) is 30.5 Å². The number of benzene rings is 1. The number of aliphatic imine (C=N–C) groups is 1. The van der Waals surface area contributed by atoms with E-state index in [2.05, 4.69) is 10.3 Å². The van der Waals surface area contributed by atoms with E-state index in [1.54, 1.807) is 44.2 Å². The molecule has 2 rings (SSSR count). The number of aliphatic carboxylic acids is 1. The van der Waals surface area contributed by atoms with Crippen LogP contribution in [0.2, 0.25) is 0 Å². The maximum atomic E-state index is 14.0. The first-order chi connectivity index (χ1) is 16.4. The third kappa shape index (κ3) is 8.29. The summed E-state index contributed by atoms with van der Waals surface area (Å²) in [4.78, 5) is 61.9. The standard InChI is InChI=1S/C22H32N5O7P/c1-16(2)13-19(26(35(32,33)34)15-24-17(3)28)21(29)27(25-11-9-23-10-12-25)20(22(30)31)14-18-7-5-4-6-8-18/h4-11,16,19-20H,12-15H2,1-3H3,(H,24,28)(H,30,31)(H2,32,33,34). The van der Waals surface area contributed by atoms with Crippen LogP contribution in [0, 0.1) is 5.92 Å². The largest absolute Gasteiger partial charge is 0.480 e. The summed E-state index contributed by atoms with van der Waals surface area (Å²) in [7, 11) is -5.04. The lowest BCUT2D eigenvalue weighted by Gasteiger charge is -2.42. The van der Waals surface area contributed by atoms with Gasteiger partial charge >= 0.3 is 13.7 Å². The van der Waals surface area contributed by atoms with E-state index in [0.29, 0.717) is 10.2 Å². The van der Waals surface area contributed by atoms with E-state index in [1.807, 2.05) is 0 Å². The summed E-state index contributed by atoms with van der Waals surface area (Å²) in [6.45, 7) is 4.21. The number of carbonyl (C=O) groups is 3. The zero-order chi connectivity index (χ0) is 26.2. The quantitative estimate of drug-likeness (QED) is 0.239. The molecule has 35 heavy (non-hydrogen) atoms. The zero-order valence-corrected chi connectivity index (χ0v) is 20.8. The number of nitrogens with zero attached hydrogens (tertiary/aromatic N) is 4. The van der Waals surface area contributed by atoms with Gasteiger partial charge in [-0.2, -0.15) is 4.67 Å². The van der Waals surface area contributed by atoms with Crippen molar-refractivity contribution in [3.05, 3.63) is 48.3 Å². The first-order valence-electron chi connectivity index (χ1n) is 11.0. The molecule has 0 saturated carbocycles. The highest BCUT2D eigenvalue weighted by Gasteiger charge is 2.44. The Kier molecular flexibility index (Phi) is 10.1. The van der Waals surface area contributed by atoms with Crippen LogP contribution in [0.1, 0.15) is 32.8 Å². The van der Waals surface area contributed by atoms with Crippen LogP contribution < -0.4 is 5.32 Å². The highest BCUT2D eigenvalue weighted by atomic mass is 31.2. The molecule has 0 aromatic heterocycles. The summed E-state index contributed by atoms with van der Waals surface area (Å²) >= 11 is 0. The molecule has 0 saturated heterocycles. The topological polar surface area (TPSA) is 163 Å². The minimum Gasteiger partial charge on any atom is -0.480 e. The van der Waals surface area contributed by atoms with Crippen LogP contribution in [-0.2, 0) is 25.4 Å². The number of carboxylic acid groups (broad SMARTS) is 1. The molecule has 2 unspecified atom stereocenters. The summed E-state index contributed by atoms with van der Waals surface area (Å²) in [6, 6.07) is 5.94. The van der Waals surface area contributed by atoms with E-state index in [-0.39, 0.29) is 25.3 Å². The van der Waals surface area contributed by atoms with E-state index in [4.69, 9.17) is 0 Å². The molecule has 0 fully saturated rings. The van der Waals surface area contributed by atoms with Crippen LogP contribution in [0.15, 0.2) is 47.7 Å². The predicted octanol–water partition coefficient (Wildman–Crippen LogP) is 1.19. The van der Waals surface area contributed by atoms with E-state index in [9.17, 15) is 33.8 Å². The van der Waals surface area contributed by atoms with Gasteiger partial charge in [-0.1, -0.05) is 44.2 Å². The third-order valence-corrected chi connectivity index (χ3v) is 6.31. The number of hydrogen-bond acceptors (Lipinski definition) is 6. The number of hydrazine groups is 1. The molecular weight excluding hydrogens is 477 g/mol. The van der Waals surface area contributed by atoms with Gasteiger partial charge in [0.2, 0.25) is 5.91 Å². The van der Waals surface area contributed by atoms with Crippen LogP contribution in [0.4, 0.5) is 0 Å². The van der Waals surface area contributed by atoms with Crippen molar-refractivity contribution in [3.8, 4) is 0 Å². The highest BCUT2D eigenvalue weighted by Crippen LogP contribution is 2.43. The summed E-state index contributed by atoms with van der Waals surface area (Å²) < 4.78 is 13.0. The van der Waals surface area contributed by atoms with Crippen molar-refractivity contribution in [2.24, 2.45) is 10.9 Å². The molecule has 0 spiro atoms. The van der Waals surface area contributed by atoms with Gasteiger partial charge in [0, 0.05) is 32.0 Å². The van der Waals surface area contributed by atoms with Gasteiger partial charge in [-0.3, -0.25) is 19.6 Å². The smallest absolute Gasteiger partial charge is 0.405 e. The fraction of sp³-hybridized carbons (Fsp3) is 0.455. The summed E-state index contributed by atoms with van der Waals surface area (Å²) in [5, 5.41) is 14.8. The number of nitrogens with one attached hydrogen (secondary N) is 1. The monoisotopic (exact) mass is 509 g/mol. The second kappa shape index (κ2) is 12.6. The SMILES string of the molecule is CC(=O)NCN(C(CC(C)C)C(=O)N(C(Cc1ccccc1)C(=O)O)N1C=CN=CC1)P(=O)(O)O. The molecule has 13 heteroatoms. The lowest BCUT2D eigenvalue weighted by molar-refractivity contribution is -0.166. The minimum atomic E-state index is -5.04. The second-order valence-electron chi connectivity index (χ2n) is 8.47. The Balaban J connectivity index is 2.56. The summed E-state index contributed by atoms with van der Waals surface area (Å²) in [5.74, 6) is -2.84. The Morgan fingerprint density at radius 1 is 1.17 bits per heavy atom. The van der Waals surface area contributed by atoms with Crippen molar-refractivity contribution >= 4 is 31.7 Å². The van der Waals surface area contributed by atoms with Gasteiger partial charge in [-0.15, -0.1) is 0 Å². The molecule has 2 atom stereocenters. The average Bonchev–Trinajstić information content (AvgIpc) is 2.78. The molecule has 1 aromatic carbocycles. The Morgan fingerprint density at radius 2 is 1.83 bits per heavy atom. The minimum absolute atomic E-state index is 0.00332. The van der Waals surface area contributed by atoms with Crippen LogP contribution in [0.5, 0.6) is 0 Å². The molecule has 1 aliphatic heterocycles. The fourth-order valence-corrected chi connectivity index (χ4v) is 4.44. The first kappa shape index (κ1) is 28.2. The Hall–Kier alpha value is -3.05. The number of amides is 2. The first-order valence-corrected chi connectivity index (χ1v) is 12.6. The molecule has 12 nitrogen and oxygen atoms in total. The van der Waals surface area contributed by atoms with Gasteiger partial charge < -0.3 is 20.2 Å². The van der Waals surface area contributed by atoms with E-state index < -0.39 is 44.3 Å². The zero-order valence-electron chi connectivity index (χ0n) is 19.9. The van der Waals surface area contributed by atoms with Gasteiger partial charge in [0.05, 0.1) is 13.2 Å². The van der Waals surface area contributed by atoms with Crippen LogP contribution in [0.3, 0.4) is 0 Å². The van der Waals surface area contributed by atoms with Gasteiger partial charge in [0.1, 0.15) is 6.04 Å². The maximum Gasteiger partial charge on any atom is 0.405 e. The number of hydrogen-bond donors (Lipinski definition) is 4. The molecule has 1 aromatic rings. The van der Waals surface area contributed by atoms with Crippen molar-refractivity contribution in [2.75, 3.05) is 13.2 Å². The molecule has 2 amide bonds. The van der Waals surface area contributed by atoms with Crippen molar-refractivity contribution in [3.63, 3.8) is 0 Å². The predicted molar refractivity (Wildman–Crippen MR) is 129 cm³/mol. The van der Waals surface area contributed by atoms with Crippen molar-refractivity contribution in [2.45, 2.75) is 45.7 Å². The molecule has 1 aliphatic rings. The van der Waals surface area contributed by atoms with E-state index in [0.717, 1.165) is 5.01 Å². The van der Waals surface area contributed by atoms with Gasteiger partial charge in [-0.05, 0) is 17.9 Å². The molecule has 192 valence electrons. The molecular formula is C22H32N5O7P. The Morgan fingerprint density at radius 3 is 2.31 bits per heavy atom. The Labute approximate surface area is 204 Å². The second-order valence-corrected chi connectivity index (χ2v) is 10.0. The molecule has 4 N–H and O–H groups in total. The van der Waals surface area contributed by atoms with Gasteiger partial charge in [0.15, 0.2) is 6.04 Å². The number of carboxylic acids is 1. The number of rotatable bonds is 12. The van der Waals surface area contributed by atoms with Crippen LogP contribution >= 0.6 is 7.75 Å². The lowest BCUT2D eigenvalue weighted by Crippen LogP contribution is -2.60. The maximum absolute atomic E-state index is 14.0. The van der Waals surface area contributed by atoms with Crippen molar-refractivity contribution < 1.29 is 33.8 Å². The molecule has 1 heterocycles. The van der Waals surface area contributed by atoms with Gasteiger partial charge in [0.25, 0.3) is 5.91 Å². The molecule has 0 bridgehead atoms. The number of carbonyl (C=O) groups excluding carboxylic acids is 2. The molecule has 0 radical (unpaired) electrons. The normalized spacial score (nSPS) is 15.2. The fourth-order valence-electron chi connectivity index (χ4n) is 3.63. The van der Waals surface area contributed by atoms with Crippen LogP contribution in [-0.4, -0.2) is 78.9 Å². The van der Waals surface area contributed by atoms with Gasteiger partial charge in [-0.25, -0.2) is 14.4 Å². The van der Waals surface area contributed by atoms with Crippen molar-refractivity contribution in [1.82, 2.24) is 20.0 Å².